The van der Waals surface area contributed by atoms with E-state index >= 15 is 4.39 Å². The van der Waals surface area contributed by atoms with E-state index in [1.165, 1.54) is 6.26 Å². The van der Waals surface area contributed by atoms with Crippen LogP contribution in [0.5, 0.6) is 5.75 Å². The van der Waals surface area contributed by atoms with Crippen LogP contribution in [-0.4, -0.2) is 39.6 Å². The molecule has 6 nitrogen and oxygen atoms in total. The van der Waals surface area contributed by atoms with Crippen LogP contribution in [-0.2, 0) is 38.8 Å². The summed E-state index contributed by atoms with van der Waals surface area (Å²) in [5, 5.41) is 3.34. The van der Waals surface area contributed by atoms with Crippen LogP contribution in [0, 0.1) is 11.7 Å². The minimum absolute atomic E-state index is 0.0437. The van der Waals surface area contributed by atoms with Gasteiger partial charge in [0.15, 0.2) is 0 Å². The molecule has 1 N–H and O–H groups in total. The zero-order valence-corrected chi connectivity index (χ0v) is 23.9. The third kappa shape index (κ3) is 6.84. The lowest BCUT2D eigenvalue weighted by Crippen LogP contribution is -2.08. The fourth-order valence-electron chi connectivity index (χ4n) is 5.48. The average molecular weight is 566 g/mol. The van der Waals surface area contributed by atoms with Crippen molar-refractivity contribution in [2.75, 3.05) is 30.5 Å². The lowest BCUT2D eigenvalue weighted by Gasteiger charge is -2.15. The highest BCUT2D eigenvalue weighted by Crippen LogP contribution is 2.48. The molecule has 40 heavy (non-hydrogen) atoms. The molecule has 3 aromatic rings. The number of hydrogen-bond acceptors (Lipinski definition) is 6. The fraction of sp³-hybridized carbons (Fsp3) is 0.406. The van der Waals surface area contributed by atoms with E-state index in [0.29, 0.717) is 31.7 Å². The third-order valence-corrected chi connectivity index (χ3v) is 8.69. The van der Waals surface area contributed by atoms with Gasteiger partial charge in [0.05, 0.1) is 24.9 Å². The summed E-state index contributed by atoms with van der Waals surface area (Å²) in [5.41, 5.74) is 6.90. The normalized spacial score (nSPS) is 17.8. The average Bonchev–Trinajstić information content (AvgIpc) is 3.74. The molecule has 0 heterocycles. The second kappa shape index (κ2) is 12.0. The SMILES string of the molecule is CCOC(=O)[C@H]1C[C@@H]1c1ccc(NCc2cc3c(cc2F)CCCc2cc(OCCCS(C)(=O)=O)ccc2-3)cc1. The van der Waals surface area contributed by atoms with Crippen molar-refractivity contribution < 1.29 is 27.1 Å². The summed E-state index contributed by atoms with van der Waals surface area (Å²) in [6, 6.07) is 17.6. The van der Waals surface area contributed by atoms with Gasteiger partial charge in [-0.25, -0.2) is 12.8 Å². The maximum absolute atomic E-state index is 15.1. The fourth-order valence-corrected chi connectivity index (χ4v) is 6.12. The first kappa shape index (κ1) is 28.1. The number of hydrogen-bond donors (Lipinski definition) is 1. The molecule has 8 heteroatoms. The number of halogens is 1. The molecule has 0 amide bonds. The van der Waals surface area contributed by atoms with Crippen molar-refractivity contribution in [1.29, 1.82) is 0 Å². The van der Waals surface area contributed by atoms with Crippen LogP contribution in [0.15, 0.2) is 54.6 Å². The first-order chi connectivity index (χ1) is 19.2. The van der Waals surface area contributed by atoms with Gasteiger partial charge in [0, 0.05) is 24.1 Å². The van der Waals surface area contributed by atoms with Gasteiger partial charge in [-0.3, -0.25) is 4.79 Å². The van der Waals surface area contributed by atoms with Crippen molar-refractivity contribution in [3.05, 3.63) is 82.7 Å². The molecule has 0 bridgehead atoms. The van der Waals surface area contributed by atoms with Crippen molar-refractivity contribution in [2.45, 2.75) is 51.5 Å². The smallest absolute Gasteiger partial charge is 0.309 e. The van der Waals surface area contributed by atoms with E-state index in [1.807, 2.05) is 55.5 Å². The quantitative estimate of drug-likeness (QED) is 0.224. The van der Waals surface area contributed by atoms with E-state index < -0.39 is 9.84 Å². The Balaban J connectivity index is 1.25. The summed E-state index contributed by atoms with van der Waals surface area (Å²) in [5.74, 6) is 0.666. The molecular formula is C32H36FNO5S. The summed E-state index contributed by atoms with van der Waals surface area (Å²) in [6.07, 6.45) is 5.08. The molecule has 5 rings (SSSR count). The van der Waals surface area contributed by atoms with Crippen LogP contribution in [0.1, 0.15) is 54.4 Å². The highest BCUT2D eigenvalue weighted by Gasteiger charge is 2.45. The molecule has 1 saturated carbocycles. The van der Waals surface area contributed by atoms with Crippen molar-refractivity contribution in [3.63, 3.8) is 0 Å². The lowest BCUT2D eigenvalue weighted by molar-refractivity contribution is -0.144. The van der Waals surface area contributed by atoms with E-state index in [-0.39, 0.29) is 29.4 Å². The van der Waals surface area contributed by atoms with Gasteiger partial charge in [0.1, 0.15) is 21.4 Å². The van der Waals surface area contributed by atoms with Gasteiger partial charge in [0.2, 0.25) is 0 Å². The minimum Gasteiger partial charge on any atom is -0.494 e. The topological polar surface area (TPSA) is 81.7 Å². The number of rotatable bonds is 11. The van der Waals surface area contributed by atoms with Crippen molar-refractivity contribution >= 4 is 21.5 Å². The monoisotopic (exact) mass is 565 g/mol. The Morgan fingerprint density at radius 2 is 1.77 bits per heavy atom. The van der Waals surface area contributed by atoms with Crippen LogP contribution in [0.2, 0.25) is 0 Å². The molecule has 1 fully saturated rings. The van der Waals surface area contributed by atoms with Gasteiger partial charge < -0.3 is 14.8 Å². The highest BCUT2D eigenvalue weighted by molar-refractivity contribution is 7.90. The Bertz CT molecular complexity index is 1490. The Kier molecular flexibility index (Phi) is 8.45. The number of anilines is 1. The zero-order valence-electron chi connectivity index (χ0n) is 23.0. The first-order valence-corrected chi connectivity index (χ1v) is 16.0. The molecule has 0 unspecified atom stereocenters. The Hall–Kier alpha value is -3.39. The number of fused-ring (bicyclic) bond motifs is 3. The van der Waals surface area contributed by atoms with Crippen LogP contribution in [0.25, 0.3) is 11.1 Å². The maximum Gasteiger partial charge on any atom is 0.309 e. The van der Waals surface area contributed by atoms with Crippen molar-refractivity contribution in [2.24, 2.45) is 5.92 Å². The van der Waals surface area contributed by atoms with Crippen LogP contribution >= 0.6 is 0 Å². The highest BCUT2D eigenvalue weighted by atomic mass is 32.2. The van der Waals surface area contributed by atoms with Crippen molar-refractivity contribution in [3.8, 4) is 16.9 Å². The Labute approximate surface area is 235 Å². The number of benzene rings is 3. The summed E-state index contributed by atoms with van der Waals surface area (Å²) >= 11 is 0. The molecule has 3 aromatic carbocycles. The summed E-state index contributed by atoms with van der Waals surface area (Å²) < 4.78 is 48.8. The van der Waals surface area contributed by atoms with Gasteiger partial charge >= 0.3 is 5.97 Å². The number of aryl methyl sites for hydroxylation is 2. The van der Waals surface area contributed by atoms with Gasteiger partial charge in [-0.15, -0.1) is 0 Å². The molecule has 2 aliphatic rings. The van der Waals surface area contributed by atoms with Crippen LogP contribution in [0.4, 0.5) is 10.1 Å². The van der Waals surface area contributed by atoms with E-state index in [2.05, 4.69) is 5.32 Å². The van der Waals surface area contributed by atoms with Gasteiger partial charge in [-0.2, -0.15) is 0 Å². The standard InChI is InChI=1S/C32H36FNO5S/c1-3-38-32(35)30-19-29(30)21-8-10-25(11-9-21)34-20-24-17-28-23(18-31(24)33)7-4-6-22-16-26(12-13-27(22)28)39-14-5-15-40(2,36)37/h8-13,16-18,29-30,34H,3-7,14-15,19-20H2,1-2H3/t29-,30+/m1/s1. The number of nitrogens with one attached hydrogen (secondary N) is 1. The van der Waals surface area contributed by atoms with E-state index in [4.69, 9.17) is 9.47 Å². The van der Waals surface area contributed by atoms with Gasteiger partial charge in [-0.1, -0.05) is 18.2 Å². The van der Waals surface area contributed by atoms with Crippen molar-refractivity contribution in [1.82, 2.24) is 0 Å². The Morgan fingerprint density at radius 3 is 2.50 bits per heavy atom. The maximum atomic E-state index is 15.1. The molecule has 212 valence electrons. The molecule has 0 saturated heterocycles. The van der Waals surface area contributed by atoms with Gasteiger partial charge in [0.25, 0.3) is 0 Å². The first-order valence-electron chi connectivity index (χ1n) is 14.0. The van der Waals surface area contributed by atoms with Crippen LogP contribution < -0.4 is 10.1 Å². The summed E-state index contributed by atoms with van der Waals surface area (Å²) in [4.78, 5) is 12.0. The molecule has 0 spiro atoms. The second-order valence-electron chi connectivity index (χ2n) is 10.8. The molecule has 0 radical (unpaired) electrons. The van der Waals surface area contributed by atoms with E-state index in [1.54, 1.807) is 6.07 Å². The zero-order chi connectivity index (χ0) is 28.3. The minimum atomic E-state index is -3.00. The third-order valence-electron chi connectivity index (χ3n) is 7.66. The Morgan fingerprint density at radius 1 is 1.02 bits per heavy atom. The summed E-state index contributed by atoms with van der Waals surface area (Å²) in [6.45, 7) is 2.92. The van der Waals surface area contributed by atoms with Gasteiger partial charge in [-0.05, 0) is 109 Å². The second-order valence-corrected chi connectivity index (χ2v) is 13.0. The summed E-state index contributed by atoms with van der Waals surface area (Å²) in [7, 11) is -3.00. The van der Waals surface area contributed by atoms with E-state index in [0.717, 1.165) is 64.9 Å². The molecule has 2 atom stereocenters. The lowest BCUT2D eigenvalue weighted by atomic mass is 9.94. The number of esters is 1. The predicted molar refractivity (Wildman–Crippen MR) is 155 cm³/mol. The molecule has 2 aliphatic carbocycles. The molecular weight excluding hydrogens is 529 g/mol. The van der Waals surface area contributed by atoms with E-state index in [9.17, 15) is 13.2 Å². The number of carbonyl (C=O) groups is 1. The predicted octanol–water partition coefficient (Wildman–Crippen LogP) is 6.07. The largest absolute Gasteiger partial charge is 0.494 e. The number of sulfone groups is 1. The molecule has 0 aliphatic heterocycles. The van der Waals surface area contributed by atoms with Crippen LogP contribution in [0.3, 0.4) is 0 Å². The number of carbonyl (C=O) groups excluding carboxylic acids is 1. The molecule has 0 aromatic heterocycles. The number of ether oxygens (including phenoxy) is 2.